The molecule has 0 aliphatic rings. The quantitative estimate of drug-likeness (QED) is 0.577. The van der Waals surface area contributed by atoms with Crippen molar-refractivity contribution in [1.29, 1.82) is 0 Å². The van der Waals surface area contributed by atoms with Gasteiger partial charge in [0.05, 0.1) is 0 Å². The first-order valence-electron chi connectivity index (χ1n) is 5.32. The van der Waals surface area contributed by atoms with Crippen LogP contribution < -0.4 is 0 Å². The number of carbonyl (C=O) groups is 1. The molecule has 0 aromatic heterocycles. The van der Waals surface area contributed by atoms with Crippen molar-refractivity contribution in [1.82, 2.24) is 4.90 Å². The number of amides is 1. The Kier molecular flexibility index (Phi) is 44.2. The molecule has 0 radical (unpaired) electrons. The smallest absolute Gasteiger partial charge is 0.209 e. The molecule has 0 spiro atoms. The second kappa shape index (κ2) is 28.3. The summed E-state index contributed by atoms with van der Waals surface area (Å²) in [7, 11) is 0.931. The molecule has 134 valence electrons. The molecule has 6 nitrogen and oxygen atoms in total. The Balaban J connectivity index is -0.0000000510. The first-order valence-corrected chi connectivity index (χ1v) is 13.2. The van der Waals surface area contributed by atoms with Crippen molar-refractivity contribution in [3.05, 3.63) is 0 Å². The van der Waals surface area contributed by atoms with Crippen molar-refractivity contribution >= 4 is 49.6 Å². The van der Waals surface area contributed by atoms with Gasteiger partial charge in [0.1, 0.15) is 0 Å². The summed E-state index contributed by atoms with van der Waals surface area (Å²) in [6.07, 6.45) is 13.9. The lowest BCUT2D eigenvalue weighted by atomic mass is 11.0. The lowest BCUT2D eigenvalue weighted by molar-refractivity contribution is -0.115. The van der Waals surface area contributed by atoms with Gasteiger partial charge in [0.2, 0.25) is 6.41 Å². The molecule has 0 aromatic carbocycles. The maximum Gasteiger partial charge on any atom is 0.209 e. The lowest BCUT2D eigenvalue weighted by Gasteiger charge is -1.93. The van der Waals surface area contributed by atoms with Crippen LogP contribution in [0, 0.1) is 0 Å². The fraction of sp³-hybridized carbons (Fsp3) is 0.909. The summed E-state index contributed by atoms with van der Waals surface area (Å²) in [6, 6.07) is 0. The molecule has 0 N–H and O–H groups in total. The van der Waals surface area contributed by atoms with E-state index in [-0.39, 0.29) is 0 Å². The normalized spacial score (nSPS) is 8.29. The third kappa shape index (κ3) is 1530. The number of hydrogen-bond donors (Lipinski definition) is 0. The van der Waals surface area contributed by atoms with Crippen LogP contribution in [-0.4, -0.2) is 92.3 Å². The van der Waals surface area contributed by atoms with Gasteiger partial charge in [0, 0.05) is 107 Å². The summed E-state index contributed by atoms with van der Waals surface area (Å²) in [6.45, 7) is 0. The van der Waals surface area contributed by atoms with E-state index in [9.17, 15) is 21.6 Å². The highest BCUT2D eigenvalue weighted by Crippen LogP contribution is 1.52. The standard InChI is InChI=1S/C3H7NO.4C2H6OS/c1-4(2)3-5;4*1-4(2)3/h3H,1-2H3;4*1-2H3. The van der Waals surface area contributed by atoms with Crippen molar-refractivity contribution in [2.45, 2.75) is 0 Å². The SMILES string of the molecule is CN(C)C=O.CS(C)=O.CS(C)=O.CS(C)=O.CS(C)=O. The Morgan fingerprint density at radius 3 is 0.619 bits per heavy atom. The van der Waals surface area contributed by atoms with Crippen LogP contribution in [0.2, 0.25) is 0 Å². The fourth-order valence-corrected chi connectivity index (χ4v) is 0. The summed E-state index contributed by atoms with van der Waals surface area (Å²) in [5.74, 6) is 0. The first kappa shape index (κ1) is 32.9. The monoisotopic (exact) mass is 385 g/mol. The molecule has 0 aliphatic carbocycles. The Bertz CT molecular complexity index is 245. The van der Waals surface area contributed by atoms with E-state index in [4.69, 9.17) is 0 Å². The highest BCUT2D eigenvalue weighted by molar-refractivity contribution is 7.84. The van der Waals surface area contributed by atoms with Crippen LogP contribution in [0.4, 0.5) is 0 Å². The molecule has 1 amide bonds. The van der Waals surface area contributed by atoms with E-state index in [1.54, 1.807) is 64.1 Å². The summed E-state index contributed by atoms with van der Waals surface area (Å²) >= 11 is 0. The largest absolute Gasteiger partial charge is 0.351 e. The second-order valence-electron chi connectivity index (χ2n) is 4.04. The number of nitrogens with zero attached hydrogens (tertiary/aromatic N) is 1. The molecule has 0 atom stereocenters. The van der Waals surface area contributed by atoms with Gasteiger partial charge >= 0.3 is 0 Å². The van der Waals surface area contributed by atoms with Crippen molar-refractivity contribution in [2.75, 3.05) is 64.1 Å². The molecule has 0 saturated carbocycles. The molecular weight excluding hydrogens is 354 g/mol. The Morgan fingerprint density at radius 1 is 0.571 bits per heavy atom. The molecule has 21 heavy (non-hydrogen) atoms. The van der Waals surface area contributed by atoms with E-state index in [0.29, 0.717) is 0 Å². The van der Waals surface area contributed by atoms with E-state index >= 15 is 0 Å². The van der Waals surface area contributed by atoms with E-state index in [0.717, 1.165) is 6.41 Å². The molecule has 0 bridgehead atoms. The van der Waals surface area contributed by atoms with Crippen LogP contribution in [0.5, 0.6) is 0 Å². The maximum atomic E-state index is 9.56. The van der Waals surface area contributed by atoms with Crippen molar-refractivity contribution in [3.8, 4) is 0 Å². The second-order valence-corrected chi connectivity index (χ2v) is 9.97. The van der Waals surface area contributed by atoms with E-state index in [1.807, 2.05) is 0 Å². The summed E-state index contributed by atoms with van der Waals surface area (Å²) in [5, 5.41) is 0. The average molecular weight is 386 g/mol. The van der Waals surface area contributed by atoms with Crippen LogP contribution >= 0.6 is 0 Å². The Labute approximate surface area is 140 Å². The summed E-state index contributed by atoms with van der Waals surface area (Å²) < 4.78 is 38.2. The third-order valence-electron chi connectivity index (χ3n) is 0.211. The van der Waals surface area contributed by atoms with Crippen molar-refractivity contribution in [2.24, 2.45) is 0 Å². The molecule has 0 unspecified atom stereocenters. The van der Waals surface area contributed by atoms with E-state index in [2.05, 4.69) is 0 Å². The summed E-state index contributed by atoms with van der Waals surface area (Å²) in [5.41, 5.74) is 0. The summed E-state index contributed by atoms with van der Waals surface area (Å²) in [4.78, 5) is 10.9. The Hall–Kier alpha value is 0.0700. The zero-order valence-corrected chi connectivity index (χ0v) is 18.0. The van der Waals surface area contributed by atoms with Gasteiger partial charge in [-0.3, -0.25) is 21.6 Å². The fourth-order valence-electron chi connectivity index (χ4n) is 0. The number of hydrogen-bond acceptors (Lipinski definition) is 5. The maximum absolute atomic E-state index is 9.56. The predicted molar refractivity (Wildman–Crippen MR) is 99.7 cm³/mol. The van der Waals surface area contributed by atoms with Gasteiger partial charge in [-0.05, 0) is 0 Å². The molecular formula is C11H31NO5S4. The van der Waals surface area contributed by atoms with Crippen LogP contribution in [0.15, 0.2) is 0 Å². The molecule has 0 fully saturated rings. The van der Waals surface area contributed by atoms with Crippen LogP contribution in [-0.2, 0) is 48.0 Å². The van der Waals surface area contributed by atoms with Gasteiger partial charge in [-0.25, -0.2) is 0 Å². The Morgan fingerprint density at radius 2 is 0.619 bits per heavy atom. The average Bonchev–Trinajstić information content (AvgIpc) is 2.13. The van der Waals surface area contributed by atoms with Crippen molar-refractivity contribution < 1.29 is 21.6 Å². The minimum Gasteiger partial charge on any atom is -0.351 e. The van der Waals surface area contributed by atoms with Gasteiger partial charge in [-0.15, -0.1) is 0 Å². The number of carbonyl (C=O) groups excluding carboxylic acids is 1. The molecule has 0 heterocycles. The van der Waals surface area contributed by atoms with E-state index in [1.165, 1.54) is 4.90 Å². The molecule has 0 aliphatic heterocycles. The third-order valence-corrected chi connectivity index (χ3v) is 0.211. The van der Waals surface area contributed by atoms with Gasteiger partial charge in [-0.2, -0.15) is 0 Å². The predicted octanol–water partition coefficient (Wildman–Crippen LogP) is -0.317. The van der Waals surface area contributed by atoms with Crippen molar-refractivity contribution in [3.63, 3.8) is 0 Å². The molecule has 0 aromatic rings. The zero-order valence-electron chi connectivity index (χ0n) is 14.7. The van der Waals surface area contributed by atoms with E-state index < -0.39 is 43.2 Å². The minimum atomic E-state index is -0.611. The van der Waals surface area contributed by atoms with Crippen LogP contribution in [0.25, 0.3) is 0 Å². The van der Waals surface area contributed by atoms with Gasteiger partial charge in [0.15, 0.2) is 0 Å². The first-order chi connectivity index (χ1) is 9.20. The van der Waals surface area contributed by atoms with Crippen LogP contribution in [0.1, 0.15) is 0 Å². The lowest BCUT2D eigenvalue weighted by Crippen LogP contribution is -2.06. The zero-order chi connectivity index (χ0) is 18.6. The molecule has 0 saturated heterocycles. The highest BCUT2D eigenvalue weighted by atomic mass is 32.2. The molecule has 0 rings (SSSR count). The van der Waals surface area contributed by atoms with Gasteiger partial charge < -0.3 is 4.90 Å². The highest BCUT2D eigenvalue weighted by Gasteiger charge is 1.68. The van der Waals surface area contributed by atoms with Gasteiger partial charge in [-0.1, -0.05) is 0 Å². The van der Waals surface area contributed by atoms with Crippen LogP contribution in [0.3, 0.4) is 0 Å². The topological polar surface area (TPSA) is 88.6 Å². The minimum absolute atomic E-state index is 0.611. The van der Waals surface area contributed by atoms with Gasteiger partial charge in [0.25, 0.3) is 0 Å². The molecule has 10 heteroatoms. The number of rotatable bonds is 1.